The van der Waals surface area contributed by atoms with Crippen molar-refractivity contribution in [2.24, 2.45) is 0 Å². The van der Waals surface area contributed by atoms with Gasteiger partial charge >= 0.3 is 5.97 Å². The molecule has 1 aromatic rings. The Hall–Kier alpha value is -1.69. The minimum atomic E-state index is -1.51. The number of hydrogen-bond acceptors (Lipinski definition) is 3. The summed E-state index contributed by atoms with van der Waals surface area (Å²) in [6.07, 6.45) is 5.20. The van der Waals surface area contributed by atoms with Gasteiger partial charge in [0.1, 0.15) is 0 Å². The molecule has 6 heteroatoms. The van der Waals surface area contributed by atoms with Crippen molar-refractivity contribution in [3.8, 4) is 0 Å². The Morgan fingerprint density at radius 1 is 1.14 bits per heavy atom. The highest BCUT2D eigenvalue weighted by Crippen LogP contribution is 2.28. The first-order valence-corrected chi connectivity index (χ1v) is 7.10. The largest absolute Gasteiger partial charge is 0.478 e. The average Bonchev–Trinajstić information content (AvgIpc) is 2.65. The molecular formula is C15H19F2NO3. The first-order valence-electron chi connectivity index (χ1n) is 7.10. The molecule has 1 saturated carbocycles. The second kappa shape index (κ2) is 6.39. The summed E-state index contributed by atoms with van der Waals surface area (Å²) in [5.74, 6) is -4.13. The Labute approximate surface area is 121 Å². The maximum Gasteiger partial charge on any atom is 0.338 e. The molecule has 0 atom stereocenters. The molecule has 21 heavy (non-hydrogen) atoms. The molecule has 0 unspecified atom stereocenters. The van der Waals surface area contributed by atoms with E-state index >= 15 is 0 Å². The summed E-state index contributed by atoms with van der Waals surface area (Å²) < 4.78 is 27.4. The van der Waals surface area contributed by atoms with E-state index in [1.165, 1.54) is 6.07 Å². The van der Waals surface area contributed by atoms with Crippen LogP contribution in [0.25, 0.3) is 0 Å². The van der Waals surface area contributed by atoms with Crippen LogP contribution in [0.15, 0.2) is 12.1 Å². The van der Waals surface area contributed by atoms with Gasteiger partial charge < -0.3 is 15.5 Å². The fourth-order valence-corrected chi connectivity index (χ4v) is 2.67. The summed E-state index contributed by atoms with van der Waals surface area (Å²) in [7, 11) is 0. The quantitative estimate of drug-likeness (QED) is 0.747. The smallest absolute Gasteiger partial charge is 0.338 e. The molecule has 116 valence electrons. The van der Waals surface area contributed by atoms with Gasteiger partial charge in [-0.3, -0.25) is 0 Å². The number of rotatable bonds is 4. The van der Waals surface area contributed by atoms with Gasteiger partial charge in [-0.1, -0.05) is 25.7 Å². The predicted octanol–water partition coefficient (Wildman–Crippen LogP) is 3.16. The van der Waals surface area contributed by atoms with E-state index in [4.69, 9.17) is 5.11 Å². The lowest BCUT2D eigenvalue weighted by Gasteiger charge is -2.27. The van der Waals surface area contributed by atoms with Gasteiger partial charge in [-0.05, 0) is 25.0 Å². The number of anilines is 1. The summed E-state index contributed by atoms with van der Waals surface area (Å²) in [5, 5.41) is 21.9. The van der Waals surface area contributed by atoms with Crippen molar-refractivity contribution in [2.45, 2.75) is 44.1 Å². The fourth-order valence-electron chi connectivity index (χ4n) is 2.67. The Kier molecular flexibility index (Phi) is 4.77. The van der Waals surface area contributed by atoms with Crippen LogP contribution in [0.2, 0.25) is 0 Å². The summed E-state index contributed by atoms with van der Waals surface area (Å²) in [4.78, 5) is 10.7. The first-order chi connectivity index (χ1) is 9.93. The van der Waals surface area contributed by atoms with Crippen LogP contribution in [0.1, 0.15) is 48.9 Å². The van der Waals surface area contributed by atoms with E-state index in [1.54, 1.807) is 0 Å². The molecule has 0 bridgehead atoms. The maximum absolute atomic E-state index is 13.8. The number of carboxylic acids is 1. The van der Waals surface area contributed by atoms with Gasteiger partial charge in [0.2, 0.25) is 0 Å². The van der Waals surface area contributed by atoms with Crippen molar-refractivity contribution in [1.82, 2.24) is 0 Å². The third-order valence-electron chi connectivity index (χ3n) is 3.95. The molecule has 1 aliphatic rings. The number of nitrogens with one attached hydrogen (secondary N) is 1. The highest BCUT2D eigenvalue weighted by molar-refractivity contribution is 5.88. The molecule has 4 nitrogen and oxygen atoms in total. The van der Waals surface area contributed by atoms with E-state index in [0.29, 0.717) is 12.8 Å². The van der Waals surface area contributed by atoms with Crippen molar-refractivity contribution >= 4 is 11.7 Å². The number of halogens is 2. The van der Waals surface area contributed by atoms with Crippen LogP contribution in [0.4, 0.5) is 14.5 Å². The van der Waals surface area contributed by atoms with Gasteiger partial charge in [-0.15, -0.1) is 0 Å². The third kappa shape index (κ3) is 3.69. The van der Waals surface area contributed by atoms with Gasteiger partial charge in [-0.2, -0.15) is 0 Å². The van der Waals surface area contributed by atoms with Crippen LogP contribution in [0.5, 0.6) is 0 Å². The minimum Gasteiger partial charge on any atom is -0.478 e. The van der Waals surface area contributed by atoms with Crippen LogP contribution in [-0.4, -0.2) is 28.3 Å². The standard InChI is InChI=1S/C15H19F2NO3/c16-12-10(14(19)20)5-6-11(13(12)17)18-9-15(21)7-3-1-2-4-8-15/h5-6,18,21H,1-4,7-9H2,(H,19,20). The van der Waals surface area contributed by atoms with E-state index in [2.05, 4.69) is 5.32 Å². The summed E-state index contributed by atoms with van der Waals surface area (Å²) in [6, 6.07) is 2.20. The molecule has 0 saturated heterocycles. The van der Waals surface area contributed by atoms with Crippen molar-refractivity contribution in [3.63, 3.8) is 0 Å². The topological polar surface area (TPSA) is 69.6 Å². The molecule has 0 heterocycles. The molecule has 1 aliphatic carbocycles. The molecule has 0 aliphatic heterocycles. The summed E-state index contributed by atoms with van der Waals surface area (Å²) in [5.41, 5.74) is -1.76. The zero-order valence-electron chi connectivity index (χ0n) is 11.7. The SMILES string of the molecule is O=C(O)c1ccc(NCC2(O)CCCCCC2)c(F)c1F. The highest BCUT2D eigenvalue weighted by Gasteiger charge is 2.28. The second-order valence-corrected chi connectivity index (χ2v) is 5.59. The van der Waals surface area contributed by atoms with Crippen molar-refractivity contribution in [3.05, 3.63) is 29.3 Å². The zero-order chi connectivity index (χ0) is 15.5. The van der Waals surface area contributed by atoms with Crippen molar-refractivity contribution in [2.75, 3.05) is 11.9 Å². The van der Waals surface area contributed by atoms with Crippen molar-refractivity contribution in [1.29, 1.82) is 0 Å². The molecule has 3 N–H and O–H groups in total. The molecule has 0 radical (unpaired) electrons. The van der Waals surface area contributed by atoms with Crippen LogP contribution in [0, 0.1) is 11.6 Å². The number of benzene rings is 1. The van der Waals surface area contributed by atoms with E-state index in [-0.39, 0.29) is 12.2 Å². The maximum atomic E-state index is 13.8. The van der Waals surface area contributed by atoms with E-state index in [1.807, 2.05) is 0 Å². The molecule has 1 aromatic carbocycles. The number of carboxylic acid groups (broad SMARTS) is 1. The monoisotopic (exact) mass is 299 g/mol. The predicted molar refractivity (Wildman–Crippen MR) is 74.5 cm³/mol. The molecule has 0 spiro atoms. The second-order valence-electron chi connectivity index (χ2n) is 5.59. The van der Waals surface area contributed by atoms with Crippen LogP contribution < -0.4 is 5.32 Å². The van der Waals surface area contributed by atoms with Crippen LogP contribution in [0.3, 0.4) is 0 Å². The van der Waals surface area contributed by atoms with E-state index < -0.39 is 28.8 Å². The number of aromatic carboxylic acids is 1. The number of hydrogen-bond donors (Lipinski definition) is 3. The van der Waals surface area contributed by atoms with Crippen LogP contribution in [-0.2, 0) is 0 Å². The van der Waals surface area contributed by atoms with Gasteiger partial charge in [0.05, 0.1) is 16.9 Å². The zero-order valence-corrected chi connectivity index (χ0v) is 11.7. The average molecular weight is 299 g/mol. The normalized spacial score (nSPS) is 18.0. The summed E-state index contributed by atoms with van der Waals surface area (Å²) >= 11 is 0. The molecule has 0 amide bonds. The Morgan fingerprint density at radius 2 is 1.76 bits per heavy atom. The number of aliphatic hydroxyl groups is 1. The van der Waals surface area contributed by atoms with E-state index in [0.717, 1.165) is 31.7 Å². The summed E-state index contributed by atoms with van der Waals surface area (Å²) in [6.45, 7) is 0.121. The molecular weight excluding hydrogens is 280 g/mol. The lowest BCUT2D eigenvalue weighted by molar-refractivity contribution is 0.0380. The molecule has 1 fully saturated rings. The molecule has 2 rings (SSSR count). The fraction of sp³-hybridized carbons (Fsp3) is 0.533. The minimum absolute atomic E-state index is 0.121. The van der Waals surface area contributed by atoms with Gasteiger partial charge in [0.15, 0.2) is 11.6 Å². The van der Waals surface area contributed by atoms with E-state index in [9.17, 15) is 18.7 Å². The lowest BCUT2D eigenvalue weighted by Crippen LogP contribution is -2.36. The Balaban J connectivity index is 2.09. The van der Waals surface area contributed by atoms with Gasteiger partial charge in [0, 0.05) is 6.54 Å². The lowest BCUT2D eigenvalue weighted by atomic mass is 9.94. The Bertz CT molecular complexity index is 526. The Morgan fingerprint density at radius 3 is 2.33 bits per heavy atom. The van der Waals surface area contributed by atoms with Crippen LogP contribution >= 0.6 is 0 Å². The van der Waals surface area contributed by atoms with Gasteiger partial charge in [-0.25, -0.2) is 13.6 Å². The first kappa shape index (κ1) is 15.7. The number of carbonyl (C=O) groups is 1. The van der Waals surface area contributed by atoms with Crippen molar-refractivity contribution < 1.29 is 23.8 Å². The molecule has 0 aromatic heterocycles. The van der Waals surface area contributed by atoms with Gasteiger partial charge in [0.25, 0.3) is 0 Å². The third-order valence-corrected chi connectivity index (χ3v) is 3.95. The highest BCUT2D eigenvalue weighted by atomic mass is 19.2.